The van der Waals surface area contributed by atoms with Crippen LogP contribution in [0.2, 0.25) is 10.0 Å². The lowest BCUT2D eigenvalue weighted by Crippen LogP contribution is -2.08. The lowest BCUT2D eigenvalue weighted by Gasteiger charge is -2.08. The first-order valence-corrected chi connectivity index (χ1v) is 9.39. The van der Waals surface area contributed by atoms with Crippen molar-refractivity contribution in [3.63, 3.8) is 0 Å². The standard InChI is InChI=1S/C23H17Cl2NO2/c24-19-8-11-22(23(25)15-19)18(16-26)14-17-6-9-21(10-7-17)28-13-12-27-20-4-2-1-3-5-20/h1-11,14-15H,12-13H2. The summed E-state index contributed by atoms with van der Waals surface area (Å²) in [5.41, 5.74) is 1.98. The van der Waals surface area contributed by atoms with Crippen molar-refractivity contribution in [1.29, 1.82) is 5.26 Å². The average Bonchev–Trinajstić information content (AvgIpc) is 2.72. The normalized spacial score (nSPS) is 11.0. The first-order valence-electron chi connectivity index (χ1n) is 8.63. The summed E-state index contributed by atoms with van der Waals surface area (Å²) in [5.74, 6) is 1.55. The Kier molecular flexibility index (Phi) is 6.97. The van der Waals surface area contributed by atoms with E-state index in [4.69, 9.17) is 32.7 Å². The molecule has 0 spiro atoms. The van der Waals surface area contributed by atoms with Crippen LogP contribution in [-0.2, 0) is 0 Å². The van der Waals surface area contributed by atoms with Crippen LogP contribution in [0.3, 0.4) is 0 Å². The van der Waals surface area contributed by atoms with Crippen molar-refractivity contribution in [2.75, 3.05) is 13.2 Å². The Bertz CT molecular complexity index is 993. The Hall–Kier alpha value is -2.93. The molecule has 140 valence electrons. The number of allylic oxidation sites excluding steroid dienone is 1. The molecule has 0 unspecified atom stereocenters. The monoisotopic (exact) mass is 409 g/mol. The van der Waals surface area contributed by atoms with Gasteiger partial charge < -0.3 is 9.47 Å². The van der Waals surface area contributed by atoms with Crippen LogP contribution >= 0.6 is 23.2 Å². The third-order valence-electron chi connectivity index (χ3n) is 3.90. The molecule has 0 aliphatic rings. The van der Waals surface area contributed by atoms with Crippen molar-refractivity contribution in [2.24, 2.45) is 0 Å². The highest BCUT2D eigenvalue weighted by Crippen LogP contribution is 2.28. The smallest absolute Gasteiger partial charge is 0.122 e. The predicted molar refractivity (Wildman–Crippen MR) is 114 cm³/mol. The maximum atomic E-state index is 9.48. The third-order valence-corrected chi connectivity index (χ3v) is 4.44. The van der Waals surface area contributed by atoms with E-state index in [-0.39, 0.29) is 0 Å². The molecule has 0 aromatic heterocycles. The molecule has 0 heterocycles. The van der Waals surface area contributed by atoms with Gasteiger partial charge in [0, 0.05) is 10.6 Å². The minimum atomic E-state index is 0.438. The number of halogens is 2. The minimum absolute atomic E-state index is 0.438. The second kappa shape index (κ2) is 9.85. The van der Waals surface area contributed by atoms with Gasteiger partial charge in [-0.1, -0.05) is 59.6 Å². The topological polar surface area (TPSA) is 42.2 Å². The van der Waals surface area contributed by atoms with Crippen LogP contribution in [0.25, 0.3) is 11.6 Å². The zero-order chi connectivity index (χ0) is 19.8. The summed E-state index contributed by atoms with van der Waals surface area (Å²) in [6, 6.07) is 24.3. The number of hydrogen-bond donors (Lipinski definition) is 0. The number of benzene rings is 3. The van der Waals surface area contributed by atoms with Crippen LogP contribution < -0.4 is 9.47 Å². The largest absolute Gasteiger partial charge is 0.490 e. The van der Waals surface area contributed by atoms with Gasteiger partial charge in [-0.3, -0.25) is 0 Å². The molecule has 3 aromatic rings. The van der Waals surface area contributed by atoms with Crippen LogP contribution in [0.1, 0.15) is 11.1 Å². The van der Waals surface area contributed by atoms with E-state index in [0.29, 0.717) is 34.4 Å². The van der Waals surface area contributed by atoms with Gasteiger partial charge in [0.05, 0.1) is 16.7 Å². The summed E-state index contributed by atoms with van der Waals surface area (Å²) >= 11 is 12.1. The quantitative estimate of drug-likeness (QED) is 0.253. The lowest BCUT2D eigenvalue weighted by molar-refractivity contribution is 0.217. The van der Waals surface area contributed by atoms with Crippen molar-refractivity contribution in [3.05, 3.63) is 94.0 Å². The molecule has 3 aromatic carbocycles. The SMILES string of the molecule is N#CC(=Cc1ccc(OCCOc2ccccc2)cc1)c1ccc(Cl)cc1Cl. The fourth-order valence-corrected chi connectivity index (χ4v) is 3.05. The second-order valence-corrected chi connectivity index (χ2v) is 6.72. The Morgan fingerprint density at radius 2 is 1.50 bits per heavy atom. The van der Waals surface area contributed by atoms with E-state index in [2.05, 4.69) is 6.07 Å². The summed E-state index contributed by atoms with van der Waals surface area (Å²) in [5, 5.41) is 10.5. The number of hydrogen-bond acceptors (Lipinski definition) is 3. The molecule has 0 saturated heterocycles. The van der Waals surface area contributed by atoms with Gasteiger partial charge in [0.1, 0.15) is 24.7 Å². The highest BCUT2D eigenvalue weighted by molar-refractivity contribution is 6.36. The Morgan fingerprint density at radius 3 is 2.11 bits per heavy atom. The molecular weight excluding hydrogens is 393 g/mol. The minimum Gasteiger partial charge on any atom is -0.490 e. The molecule has 3 nitrogen and oxygen atoms in total. The molecule has 0 amide bonds. The third kappa shape index (κ3) is 5.53. The van der Waals surface area contributed by atoms with E-state index in [1.807, 2.05) is 54.6 Å². The molecule has 0 saturated carbocycles. The van der Waals surface area contributed by atoms with Crippen molar-refractivity contribution in [1.82, 2.24) is 0 Å². The Balaban J connectivity index is 1.60. The van der Waals surface area contributed by atoms with Gasteiger partial charge in [0.2, 0.25) is 0 Å². The fourth-order valence-electron chi connectivity index (χ4n) is 2.54. The van der Waals surface area contributed by atoms with E-state index < -0.39 is 0 Å². The van der Waals surface area contributed by atoms with Gasteiger partial charge in [0.25, 0.3) is 0 Å². The van der Waals surface area contributed by atoms with Gasteiger partial charge in [-0.15, -0.1) is 0 Å². The molecule has 3 rings (SSSR count). The van der Waals surface area contributed by atoms with Crippen molar-refractivity contribution < 1.29 is 9.47 Å². The van der Waals surface area contributed by atoms with E-state index in [1.54, 1.807) is 24.3 Å². The Morgan fingerprint density at radius 1 is 0.857 bits per heavy atom. The molecule has 0 fully saturated rings. The lowest BCUT2D eigenvalue weighted by atomic mass is 10.0. The molecule has 0 atom stereocenters. The second-order valence-electron chi connectivity index (χ2n) is 5.87. The van der Waals surface area contributed by atoms with E-state index in [1.165, 1.54) is 0 Å². The summed E-state index contributed by atoms with van der Waals surface area (Å²) in [6.45, 7) is 0.896. The van der Waals surface area contributed by atoms with Gasteiger partial charge in [0.15, 0.2) is 0 Å². The number of rotatable bonds is 7. The molecule has 0 N–H and O–H groups in total. The summed E-state index contributed by atoms with van der Waals surface area (Å²) in [4.78, 5) is 0. The summed E-state index contributed by atoms with van der Waals surface area (Å²) < 4.78 is 11.3. The van der Waals surface area contributed by atoms with Crippen LogP contribution in [0.15, 0.2) is 72.8 Å². The Labute approximate surface area is 174 Å². The van der Waals surface area contributed by atoms with Gasteiger partial charge in [-0.25, -0.2) is 0 Å². The first kappa shape index (κ1) is 19.8. The molecular formula is C23H17Cl2NO2. The van der Waals surface area contributed by atoms with Crippen LogP contribution in [-0.4, -0.2) is 13.2 Å². The fraction of sp³-hybridized carbons (Fsp3) is 0.0870. The number of nitriles is 1. The van der Waals surface area contributed by atoms with Crippen LogP contribution in [0.5, 0.6) is 11.5 Å². The van der Waals surface area contributed by atoms with Crippen molar-refractivity contribution in [3.8, 4) is 17.6 Å². The number of ether oxygens (including phenoxy) is 2. The summed E-state index contributed by atoms with van der Waals surface area (Å²) in [6.07, 6.45) is 1.78. The molecule has 0 aliphatic carbocycles. The van der Waals surface area contributed by atoms with E-state index >= 15 is 0 Å². The van der Waals surface area contributed by atoms with Gasteiger partial charge >= 0.3 is 0 Å². The number of para-hydroxylation sites is 1. The van der Waals surface area contributed by atoms with E-state index in [0.717, 1.165) is 17.1 Å². The van der Waals surface area contributed by atoms with Crippen molar-refractivity contribution in [2.45, 2.75) is 0 Å². The molecule has 0 aliphatic heterocycles. The van der Waals surface area contributed by atoms with Gasteiger partial charge in [-0.2, -0.15) is 5.26 Å². The summed E-state index contributed by atoms with van der Waals surface area (Å²) in [7, 11) is 0. The molecule has 0 bridgehead atoms. The van der Waals surface area contributed by atoms with Crippen LogP contribution in [0, 0.1) is 11.3 Å². The zero-order valence-corrected chi connectivity index (χ0v) is 16.5. The van der Waals surface area contributed by atoms with Gasteiger partial charge in [-0.05, 0) is 48.0 Å². The van der Waals surface area contributed by atoms with Crippen LogP contribution in [0.4, 0.5) is 0 Å². The molecule has 28 heavy (non-hydrogen) atoms. The molecule has 5 heteroatoms. The highest BCUT2D eigenvalue weighted by Gasteiger charge is 2.07. The van der Waals surface area contributed by atoms with E-state index in [9.17, 15) is 5.26 Å². The molecule has 0 radical (unpaired) electrons. The average molecular weight is 410 g/mol. The zero-order valence-electron chi connectivity index (χ0n) is 14.9. The van der Waals surface area contributed by atoms with Crippen molar-refractivity contribution >= 4 is 34.9 Å². The highest BCUT2D eigenvalue weighted by atomic mass is 35.5. The maximum absolute atomic E-state index is 9.48. The maximum Gasteiger partial charge on any atom is 0.122 e. The number of nitrogens with zero attached hydrogens (tertiary/aromatic N) is 1. The first-order chi connectivity index (χ1) is 13.7. The predicted octanol–water partition coefficient (Wildman–Crippen LogP) is 6.52.